The first-order chi connectivity index (χ1) is 20.1. The molecule has 20 heteroatoms. The van der Waals surface area contributed by atoms with Gasteiger partial charge in [-0.1, -0.05) is 6.07 Å². The predicted octanol–water partition coefficient (Wildman–Crippen LogP) is 4.65. The summed E-state index contributed by atoms with van der Waals surface area (Å²) in [6.45, 7) is 4.06. The Bertz CT molecular complexity index is 1140. The van der Waals surface area contributed by atoms with Crippen molar-refractivity contribution in [2.75, 3.05) is 18.8 Å². The number of alkyl halides is 9. The smallest absolute Gasteiger partial charge is 0.475 e. The SMILES string of the molecule is O=C(O)C(F)(F)F.O=C(O)C(F)(F)F.O=C(O)C(F)(F)F.c1cncc(COC2CSC3(C2)CN(Cc2ccncc2)C3)c1. The summed E-state index contributed by atoms with van der Waals surface area (Å²) in [5.74, 6) is -7.16. The number of rotatable bonds is 5. The molecule has 2 aliphatic heterocycles. The van der Waals surface area contributed by atoms with E-state index in [2.05, 4.69) is 44.8 Å². The van der Waals surface area contributed by atoms with Gasteiger partial charge in [-0.3, -0.25) is 14.9 Å². The lowest BCUT2D eigenvalue weighted by atomic mass is 9.92. The highest BCUT2D eigenvalue weighted by molar-refractivity contribution is 8.01. The predicted molar refractivity (Wildman–Crippen MR) is 133 cm³/mol. The first kappa shape index (κ1) is 38.4. The zero-order valence-corrected chi connectivity index (χ0v) is 22.9. The van der Waals surface area contributed by atoms with E-state index < -0.39 is 36.4 Å². The summed E-state index contributed by atoms with van der Waals surface area (Å²) in [5, 5.41) is 21.4. The van der Waals surface area contributed by atoms with Gasteiger partial charge in [0.15, 0.2) is 0 Å². The molecule has 0 amide bonds. The van der Waals surface area contributed by atoms with Crippen LogP contribution in [0, 0.1) is 0 Å². The van der Waals surface area contributed by atoms with E-state index in [1.165, 1.54) is 25.1 Å². The summed E-state index contributed by atoms with van der Waals surface area (Å²) in [5.41, 5.74) is 2.51. The second kappa shape index (κ2) is 16.4. The van der Waals surface area contributed by atoms with Gasteiger partial charge in [-0.15, -0.1) is 11.8 Å². The molecule has 0 saturated carbocycles. The van der Waals surface area contributed by atoms with Gasteiger partial charge in [0, 0.05) is 54.9 Å². The molecule has 2 fully saturated rings. The molecule has 4 heterocycles. The normalized spacial score (nSPS) is 17.4. The Morgan fingerprint density at radius 2 is 1.30 bits per heavy atom. The van der Waals surface area contributed by atoms with Crippen LogP contribution in [0.25, 0.3) is 0 Å². The van der Waals surface area contributed by atoms with Crippen molar-refractivity contribution >= 4 is 29.7 Å². The van der Waals surface area contributed by atoms with E-state index >= 15 is 0 Å². The van der Waals surface area contributed by atoms with Crippen LogP contribution in [0.2, 0.25) is 0 Å². The number of likely N-dealkylation sites (tertiary alicyclic amines) is 1. The number of thioether (sulfide) groups is 1. The van der Waals surface area contributed by atoms with Crippen molar-refractivity contribution < 1.29 is 74.0 Å². The molecule has 0 aliphatic carbocycles. The largest absolute Gasteiger partial charge is 0.490 e. The Hall–Kier alpha value is -3.65. The number of ether oxygens (including phenoxy) is 1. The van der Waals surface area contributed by atoms with Crippen LogP contribution in [0.15, 0.2) is 49.1 Å². The van der Waals surface area contributed by atoms with E-state index in [-0.39, 0.29) is 0 Å². The molecule has 2 aromatic heterocycles. The summed E-state index contributed by atoms with van der Waals surface area (Å²) in [7, 11) is 0. The molecule has 0 aromatic carbocycles. The van der Waals surface area contributed by atoms with Gasteiger partial charge in [-0.25, -0.2) is 14.4 Å². The van der Waals surface area contributed by atoms with Gasteiger partial charge in [-0.05, 0) is 35.7 Å². The highest BCUT2D eigenvalue weighted by atomic mass is 32.2. The first-order valence-corrected chi connectivity index (χ1v) is 12.8. The lowest BCUT2D eigenvalue weighted by molar-refractivity contribution is -0.193. The van der Waals surface area contributed by atoms with Crippen LogP contribution >= 0.6 is 11.8 Å². The number of halogens is 9. The second-order valence-electron chi connectivity index (χ2n) is 8.90. The number of hydrogen-bond donors (Lipinski definition) is 3. The van der Waals surface area contributed by atoms with Crippen LogP contribution in [0.4, 0.5) is 39.5 Å². The third-order valence-corrected chi connectivity index (χ3v) is 6.87. The summed E-state index contributed by atoms with van der Waals surface area (Å²) in [6, 6.07) is 8.25. The average Bonchev–Trinajstić information content (AvgIpc) is 3.32. The minimum atomic E-state index is -5.08. The van der Waals surface area contributed by atoms with E-state index in [0.29, 0.717) is 17.5 Å². The fraction of sp³-hybridized carbons (Fsp3) is 0.458. The molecule has 2 aromatic rings. The fourth-order valence-electron chi connectivity index (χ4n) is 3.45. The molecule has 1 atom stereocenters. The molecule has 246 valence electrons. The van der Waals surface area contributed by atoms with Crippen molar-refractivity contribution in [3.8, 4) is 0 Å². The Labute approximate surface area is 246 Å². The van der Waals surface area contributed by atoms with Gasteiger partial charge in [-0.2, -0.15) is 39.5 Å². The molecule has 2 aliphatic rings. The standard InChI is InChI=1S/C18H21N3OS.3C2HF3O2/c1-2-16(9-20-5-1)11-22-17-8-18(23-12-17)13-21(14-18)10-15-3-6-19-7-4-15;3*3-2(4,5)1(6)7/h1-7,9,17H,8,10-14H2;3*(H,6,7). The number of nitrogens with zero attached hydrogens (tertiary/aromatic N) is 3. The number of hydrogen-bond acceptors (Lipinski definition) is 8. The van der Waals surface area contributed by atoms with Gasteiger partial charge in [0.05, 0.1) is 12.7 Å². The van der Waals surface area contributed by atoms with E-state index in [1.807, 2.05) is 24.7 Å². The van der Waals surface area contributed by atoms with Crippen molar-refractivity contribution in [2.24, 2.45) is 0 Å². The molecule has 1 unspecified atom stereocenters. The molecule has 3 N–H and O–H groups in total. The van der Waals surface area contributed by atoms with Crippen LogP contribution < -0.4 is 0 Å². The first-order valence-electron chi connectivity index (χ1n) is 11.8. The van der Waals surface area contributed by atoms with E-state index in [4.69, 9.17) is 34.4 Å². The number of carboxylic acids is 3. The van der Waals surface area contributed by atoms with E-state index in [9.17, 15) is 39.5 Å². The summed E-state index contributed by atoms with van der Waals surface area (Å²) < 4.78 is 102. The van der Waals surface area contributed by atoms with Crippen molar-refractivity contribution in [1.82, 2.24) is 14.9 Å². The lowest BCUT2D eigenvalue weighted by Gasteiger charge is -2.47. The van der Waals surface area contributed by atoms with Crippen molar-refractivity contribution in [3.63, 3.8) is 0 Å². The molecular formula is C24H24F9N3O7S. The fourth-order valence-corrected chi connectivity index (χ4v) is 5.06. The molecule has 44 heavy (non-hydrogen) atoms. The van der Waals surface area contributed by atoms with Gasteiger partial charge >= 0.3 is 36.4 Å². The van der Waals surface area contributed by atoms with Crippen LogP contribution in [0.5, 0.6) is 0 Å². The topological polar surface area (TPSA) is 150 Å². The minimum Gasteiger partial charge on any atom is -0.475 e. The Kier molecular flexibility index (Phi) is 14.3. The van der Waals surface area contributed by atoms with E-state index in [0.717, 1.165) is 17.9 Å². The van der Waals surface area contributed by atoms with Crippen molar-refractivity contribution in [3.05, 3.63) is 60.2 Å². The molecule has 0 bridgehead atoms. The second-order valence-corrected chi connectivity index (χ2v) is 10.4. The third-order valence-electron chi connectivity index (χ3n) is 5.29. The summed E-state index contributed by atoms with van der Waals surface area (Å²) >= 11 is 2.09. The maximum atomic E-state index is 10.6. The third kappa shape index (κ3) is 14.7. The van der Waals surface area contributed by atoms with Crippen LogP contribution in [0.3, 0.4) is 0 Å². The van der Waals surface area contributed by atoms with Crippen molar-refractivity contribution in [1.29, 1.82) is 0 Å². The molecule has 10 nitrogen and oxygen atoms in total. The zero-order valence-electron chi connectivity index (χ0n) is 22.1. The van der Waals surface area contributed by atoms with Gasteiger partial charge in [0.25, 0.3) is 0 Å². The van der Waals surface area contributed by atoms with Gasteiger partial charge in [0.2, 0.25) is 0 Å². The highest BCUT2D eigenvalue weighted by Gasteiger charge is 2.49. The number of aliphatic carboxylic acids is 3. The minimum absolute atomic E-state index is 0.378. The molecule has 2 saturated heterocycles. The highest BCUT2D eigenvalue weighted by Crippen LogP contribution is 2.46. The Balaban J connectivity index is 0.000000379. The molecule has 0 radical (unpaired) electrons. The lowest BCUT2D eigenvalue weighted by Crippen LogP contribution is -2.58. The number of pyridine rings is 2. The van der Waals surface area contributed by atoms with Crippen LogP contribution in [-0.4, -0.2) is 96.3 Å². The van der Waals surface area contributed by atoms with Crippen LogP contribution in [-0.2, 0) is 32.3 Å². The van der Waals surface area contributed by atoms with E-state index in [1.54, 1.807) is 6.20 Å². The van der Waals surface area contributed by atoms with Gasteiger partial charge in [0.1, 0.15) is 0 Å². The molecule has 1 spiro atoms. The number of carbonyl (C=O) groups is 3. The number of aromatic nitrogens is 2. The maximum Gasteiger partial charge on any atom is 0.490 e. The summed E-state index contributed by atoms with van der Waals surface area (Å²) in [6.07, 6.45) is -6.27. The van der Waals surface area contributed by atoms with Gasteiger partial charge < -0.3 is 20.1 Å². The Morgan fingerprint density at radius 3 is 1.70 bits per heavy atom. The quantitative estimate of drug-likeness (QED) is 0.382. The molecule has 4 rings (SSSR count). The maximum absolute atomic E-state index is 10.6. The zero-order chi connectivity index (χ0) is 33.8. The monoisotopic (exact) mass is 669 g/mol. The van der Waals surface area contributed by atoms with Crippen LogP contribution in [0.1, 0.15) is 17.5 Å². The Morgan fingerprint density at radius 1 is 0.818 bits per heavy atom. The summed E-state index contributed by atoms with van der Waals surface area (Å²) in [4.78, 5) is 37.4. The van der Waals surface area contributed by atoms with Crippen molar-refractivity contribution in [2.45, 2.75) is 49.0 Å². The molecular weight excluding hydrogens is 645 g/mol. The average molecular weight is 670 g/mol. The number of carboxylic acid groups (broad SMARTS) is 3.